The molecule has 0 fully saturated rings. The van der Waals surface area contributed by atoms with Crippen LogP contribution in [0.5, 0.6) is 0 Å². The Morgan fingerprint density at radius 1 is 1.00 bits per heavy atom. The van der Waals surface area contributed by atoms with Crippen molar-refractivity contribution < 1.29 is 14.3 Å². The van der Waals surface area contributed by atoms with Crippen molar-refractivity contribution in [2.24, 2.45) is 0 Å². The fraction of sp³-hybridized carbons (Fsp3) is 0.125. The summed E-state index contributed by atoms with van der Waals surface area (Å²) in [6.07, 6.45) is 0.176. The summed E-state index contributed by atoms with van der Waals surface area (Å²) in [6.45, 7) is 2.07. The Kier molecular flexibility index (Phi) is 6.54. The van der Waals surface area contributed by atoms with Gasteiger partial charge in [0.2, 0.25) is 5.91 Å². The van der Waals surface area contributed by atoms with Crippen molar-refractivity contribution in [2.75, 3.05) is 5.32 Å². The van der Waals surface area contributed by atoms with E-state index in [0.29, 0.717) is 15.6 Å². The van der Waals surface area contributed by atoms with Gasteiger partial charge in [-0.15, -0.1) is 22.7 Å². The van der Waals surface area contributed by atoms with E-state index in [9.17, 15) is 9.59 Å². The summed E-state index contributed by atoms with van der Waals surface area (Å²) in [5, 5.41) is 7.23. The largest absolute Gasteiger partial charge is 0.455 e. The first-order valence-electron chi connectivity index (χ1n) is 9.68. The van der Waals surface area contributed by atoms with E-state index >= 15 is 0 Å². The molecule has 156 valence electrons. The summed E-state index contributed by atoms with van der Waals surface area (Å²) in [7, 11) is 0. The van der Waals surface area contributed by atoms with E-state index in [4.69, 9.17) is 4.74 Å². The van der Waals surface area contributed by atoms with Crippen LogP contribution in [0, 0.1) is 6.92 Å². The van der Waals surface area contributed by atoms with Gasteiger partial charge in [-0.25, -0.2) is 9.78 Å². The lowest BCUT2D eigenvalue weighted by Crippen LogP contribution is -2.14. The number of esters is 1. The Morgan fingerprint density at radius 3 is 2.55 bits per heavy atom. The molecule has 5 nitrogen and oxygen atoms in total. The van der Waals surface area contributed by atoms with E-state index in [-0.39, 0.29) is 24.9 Å². The second kappa shape index (κ2) is 9.68. The molecule has 0 unspecified atom stereocenters. The van der Waals surface area contributed by atoms with Gasteiger partial charge >= 0.3 is 5.97 Å². The van der Waals surface area contributed by atoms with Gasteiger partial charge in [-0.05, 0) is 36.1 Å². The Hall–Kier alpha value is -3.29. The second-order valence-electron chi connectivity index (χ2n) is 6.93. The fourth-order valence-corrected chi connectivity index (χ4v) is 4.58. The number of thiophene rings is 1. The molecule has 2 aromatic heterocycles. The van der Waals surface area contributed by atoms with Gasteiger partial charge in [0.15, 0.2) is 0 Å². The number of nitrogens with zero attached hydrogens (tertiary/aromatic N) is 1. The van der Waals surface area contributed by atoms with Crippen molar-refractivity contribution in [1.82, 2.24) is 4.98 Å². The zero-order valence-electron chi connectivity index (χ0n) is 16.8. The Bertz CT molecular complexity index is 1180. The molecule has 0 aliphatic heterocycles. The zero-order valence-corrected chi connectivity index (χ0v) is 18.5. The number of benzene rings is 2. The molecule has 0 aliphatic carbocycles. The van der Waals surface area contributed by atoms with Crippen molar-refractivity contribution in [3.8, 4) is 11.1 Å². The molecule has 0 saturated carbocycles. The lowest BCUT2D eigenvalue weighted by molar-refractivity contribution is -0.115. The number of anilines is 1. The molecule has 1 N–H and O–H groups in total. The van der Waals surface area contributed by atoms with Crippen molar-refractivity contribution in [3.05, 3.63) is 92.6 Å². The van der Waals surface area contributed by atoms with Crippen LogP contribution in [0.15, 0.2) is 71.4 Å². The molecular formula is C24H20N2O3S2. The molecule has 0 radical (unpaired) electrons. The molecule has 2 heterocycles. The summed E-state index contributed by atoms with van der Waals surface area (Å²) >= 11 is 2.74. The van der Waals surface area contributed by atoms with Crippen LogP contribution in [-0.4, -0.2) is 16.9 Å². The van der Waals surface area contributed by atoms with E-state index in [2.05, 4.69) is 10.3 Å². The minimum atomic E-state index is -0.375. The molecule has 0 aliphatic rings. The topological polar surface area (TPSA) is 68.3 Å². The third-order valence-electron chi connectivity index (χ3n) is 4.53. The monoisotopic (exact) mass is 448 g/mol. The van der Waals surface area contributed by atoms with Crippen LogP contribution in [-0.2, 0) is 22.6 Å². The van der Waals surface area contributed by atoms with Gasteiger partial charge in [0, 0.05) is 16.6 Å². The zero-order chi connectivity index (χ0) is 21.6. The molecule has 0 bridgehead atoms. The number of rotatable bonds is 7. The third-order valence-corrected chi connectivity index (χ3v) is 6.33. The number of hydrogen-bond acceptors (Lipinski definition) is 6. The summed E-state index contributed by atoms with van der Waals surface area (Å²) < 4.78 is 5.47. The summed E-state index contributed by atoms with van der Waals surface area (Å²) in [5.41, 5.74) is 4.37. The van der Waals surface area contributed by atoms with E-state index < -0.39 is 0 Å². The molecule has 1 amide bonds. The number of ether oxygens (including phenoxy) is 1. The SMILES string of the molecule is Cc1ccc(NC(=O)Cc2nc(COC(=O)c3sccc3-c3ccccc3)cs2)cc1. The lowest BCUT2D eigenvalue weighted by atomic mass is 10.1. The Balaban J connectivity index is 1.32. The normalized spacial score (nSPS) is 10.6. The van der Waals surface area contributed by atoms with Crippen LogP contribution in [0.25, 0.3) is 11.1 Å². The minimum absolute atomic E-state index is 0.0705. The number of nitrogens with one attached hydrogen (secondary N) is 1. The van der Waals surface area contributed by atoms with Crippen LogP contribution in [0.4, 0.5) is 5.69 Å². The summed E-state index contributed by atoms with van der Waals surface area (Å²) in [4.78, 5) is 29.8. The highest BCUT2D eigenvalue weighted by molar-refractivity contribution is 7.12. The smallest absolute Gasteiger partial charge is 0.349 e. The highest BCUT2D eigenvalue weighted by Crippen LogP contribution is 2.29. The maximum absolute atomic E-state index is 12.6. The van der Waals surface area contributed by atoms with E-state index in [1.54, 1.807) is 0 Å². The van der Waals surface area contributed by atoms with Gasteiger partial charge in [-0.2, -0.15) is 0 Å². The number of aryl methyl sites for hydroxylation is 1. The van der Waals surface area contributed by atoms with Crippen LogP contribution in [0.1, 0.15) is 25.9 Å². The van der Waals surface area contributed by atoms with Crippen molar-refractivity contribution in [3.63, 3.8) is 0 Å². The van der Waals surface area contributed by atoms with Gasteiger partial charge in [-0.1, -0.05) is 48.0 Å². The summed E-state index contributed by atoms with van der Waals surface area (Å²) in [5.74, 6) is -0.506. The van der Waals surface area contributed by atoms with Gasteiger partial charge < -0.3 is 10.1 Å². The highest BCUT2D eigenvalue weighted by atomic mass is 32.1. The standard InChI is InChI=1S/C24H20N2O3S2/c1-16-7-9-18(10-8-16)25-21(27)13-22-26-19(15-31-22)14-29-24(28)23-20(11-12-30-23)17-5-3-2-4-6-17/h2-12,15H,13-14H2,1H3,(H,25,27). The molecule has 4 aromatic rings. The summed E-state index contributed by atoms with van der Waals surface area (Å²) in [6, 6.07) is 19.3. The molecule has 31 heavy (non-hydrogen) atoms. The van der Waals surface area contributed by atoms with Crippen LogP contribution >= 0.6 is 22.7 Å². The lowest BCUT2D eigenvalue weighted by Gasteiger charge is -2.05. The molecule has 7 heteroatoms. The molecular weight excluding hydrogens is 428 g/mol. The van der Waals surface area contributed by atoms with Gasteiger partial charge in [-0.3, -0.25) is 4.79 Å². The average Bonchev–Trinajstić information content (AvgIpc) is 3.44. The van der Waals surface area contributed by atoms with E-state index in [1.165, 1.54) is 22.7 Å². The number of hydrogen-bond donors (Lipinski definition) is 1. The maximum Gasteiger partial charge on any atom is 0.349 e. The molecule has 2 aromatic carbocycles. The molecule has 0 spiro atoms. The van der Waals surface area contributed by atoms with Crippen molar-refractivity contribution in [1.29, 1.82) is 0 Å². The maximum atomic E-state index is 12.6. The second-order valence-corrected chi connectivity index (χ2v) is 8.79. The predicted molar refractivity (Wildman–Crippen MR) is 125 cm³/mol. The highest BCUT2D eigenvalue weighted by Gasteiger charge is 2.17. The first kappa shape index (κ1) is 21.0. The number of amides is 1. The number of carbonyl (C=O) groups excluding carboxylic acids is 2. The van der Waals surface area contributed by atoms with Gasteiger partial charge in [0.1, 0.15) is 16.5 Å². The van der Waals surface area contributed by atoms with Crippen LogP contribution in [0.2, 0.25) is 0 Å². The average molecular weight is 449 g/mol. The third kappa shape index (κ3) is 5.45. The molecule has 0 atom stereocenters. The van der Waals surface area contributed by atoms with E-state index in [0.717, 1.165) is 22.4 Å². The number of thiazole rings is 1. The van der Waals surface area contributed by atoms with Crippen molar-refractivity contribution in [2.45, 2.75) is 20.0 Å². The number of aromatic nitrogens is 1. The number of carbonyl (C=O) groups is 2. The predicted octanol–water partition coefficient (Wildman–Crippen LogP) is 5.72. The van der Waals surface area contributed by atoms with Gasteiger partial charge in [0.05, 0.1) is 12.1 Å². The first-order chi connectivity index (χ1) is 15.1. The Morgan fingerprint density at radius 2 is 1.77 bits per heavy atom. The van der Waals surface area contributed by atoms with Gasteiger partial charge in [0.25, 0.3) is 0 Å². The van der Waals surface area contributed by atoms with Crippen molar-refractivity contribution >= 4 is 40.2 Å². The minimum Gasteiger partial charge on any atom is -0.455 e. The van der Waals surface area contributed by atoms with Crippen LogP contribution < -0.4 is 5.32 Å². The van der Waals surface area contributed by atoms with E-state index in [1.807, 2.05) is 78.3 Å². The fourth-order valence-electron chi connectivity index (χ4n) is 2.99. The first-order valence-corrected chi connectivity index (χ1v) is 11.4. The molecule has 0 saturated heterocycles. The van der Waals surface area contributed by atoms with Crippen LogP contribution in [0.3, 0.4) is 0 Å². The molecule has 4 rings (SSSR count). The Labute approximate surface area is 188 Å². The quantitative estimate of drug-likeness (QED) is 0.367.